The van der Waals surface area contributed by atoms with Crippen molar-refractivity contribution in [3.63, 3.8) is 0 Å². The lowest BCUT2D eigenvalue weighted by molar-refractivity contribution is -0.143. The zero-order valence-electron chi connectivity index (χ0n) is 43.2. The second-order valence-corrected chi connectivity index (χ2v) is 20.6. The molecule has 2 aliphatic heterocycles. The third kappa shape index (κ3) is 12.3. The molecule has 0 spiro atoms. The number of Topliss-reactive ketones (excluding diaryl/α,β-unsaturated/α-hetero) is 1. The zero-order chi connectivity index (χ0) is 49.2. The van der Waals surface area contributed by atoms with Crippen LogP contribution in [-0.4, -0.2) is 58.5 Å². The van der Waals surface area contributed by atoms with Gasteiger partial charge in [0.1, 0.15) is 18.1 Å². The van der Waals surface area contributed by atoms with Crippen molar-refractivity contribution < 1.29 is 28.6 Å². The Morgan fingerprint density at radius 3 is 2.19 bits per heavy atom. The molecular formula is C58H80N4O6. The van der Waals surface area contributed by atoms with Gasteiger partial charge in [-0.3, -0.25) is 19.4 Å². The molecule has 3 aromatic rings. The summed E-state index contributed by atoms with van der Waals surface area (Å²) in [5, 5.41) is 0. The number of nitrogens with zero attached hydrogens (tertiary/aromatic N) is 2. The van der Waals surface area contributed by atoms with Crippen LogP contribution in [0.25, 0.3) is 39.5 Å². The van der Waals surface area contributed by atoms with Crippen LogP contribution in [0.3, 0.4) is 0 Å². The Labute approximate surface area is 406 Å². The van der Waals surface area contributed by atoms with Crippen molar-refractivity contribution in [2.75, 3.05) is 20.8 Å². The van der Waals surface area contributed by atoms with Crippen LogP contribution in [-0.2, 0) is 23.8 Å². The van der Waals surface area contributed by atoms with Gasteiger partial charge >= 0.3 is 11.9 Å². The van der Waals surface area contributed by atoms with Crippen LogP contribution in [0.15, 0.2) is 36.4 Å². The number of fused-ring (bicyclic) bond motifs is 8. The minimum atomic E-state index is -0.461. The molecule has 0 saturated carbocycles. The van der Waals surface area contributed by atoms with Crippen molar-refractivity contribution in [3.8, 4) is 0 Å². The highest BCUT2D eigenvalue weighted by molar-refractivity contribution is 6.09. The minimum absolute atomic E-state index is 0.0308. The fourth-order valence-corrected chi connectivity index (χ4v) is 10.8. The van der Waals surface area contributed by atoms with Crippen molar-refractivity contribution in [2.45, 2.75) is 176 Å². The molecule has 0 saturated heterocycles. The van der Waals surface area contributed by atoms with Gasteiger partial charge in [0.05, 0.1) is 37.5 Å². The Morgan fingerprint density at radius 1 is 0.853 bits per heavy atom. The van der Waals surface area contributed by atoms with E-state index in [1.807, 2.05) is 25.1 Å². The van der Waals surface area contributed by atoms with Gasteiger partial charge in [-0.25, -0.2) is 4.98 Å². The van der Waals surface area contributed by atoms with Crippen LogP contribution in [0.4, 0.5) is 0 Å². The number of nitrogens with one attached hydrogen (secondary N) is 2. The molecule has 1 aliphatic carbocycles. The number of carbonyl (C=O) groups is 3. The molecule has 2 unspecified atom stereocenters. The van der Waals surface area contributed by atoms with E-state index in [0.717, 1.165) is 92.1 Å². The molecule has 68 heavy (non-hydrogen) atoms. The summed E-state index contributed by atoms with van der Waals surface area (Å²) in [6.07, 6.45) is 17.7. The summed E-state index contributed by atoms with van der Waals surface area (Å²) in [5.74, 6) is 1.81. The fraction of sp³-hybridized carbons (Fsp3) is 0.569. The molecule has 5 atom stereocenters. The first-order chi connectivity index (χ1) is 32.6. The molecule has 0 aromatic carbocycles. The highest BCUT2D eigenvalue weighted by atomic mass is 16.5. The third-order valence-electron chi connectivity index (χ3n) is 15.0. The van der Waals surface area contributed by atoms with Gasteiger partial charge in [0.2, 0.25) is 0 Å². The molecule has 0 radical (unpaired) electrons. The van der Waals surface area contributed by atoms with Crippen molar-refractivity contribution in [2.24, 2.45) is 17.8 Å². The smallest absolute Gasteiger partial charge is 0.306 e. The van der Waals surface area contributed by atoms with Crippen LogP contribution in [0.2, 0.25) is 0 Å². The van der Waals surface area contributed by atoms with Gasteiger partial charge in [-0.2, -0.15) is 0 Å². The maximum atomic E-state index is 14.2. The van der Waals surface area contributed by atoms with Gasteiger partial charge in [0, 0.05) is 75.1 Å². The number of aromatic nitrogens is 4. The summed E-state index contributed by atoms with van der Waals surface area (Å²) in [7, 11) is 3.05. The summed E-state index contributed by atoms with van der Waals surface area (Å²) in [6, 6.07) is 6.13. The molecule has 0 fully saturated rings. The normalized spacial score (nSPS) is 18.0. The predicted molar refractivity (Wildman–Crippen MR) is 277 cm³/mol. The Morgan fingerprint density at radius 2 is 1.53 bits per heavy atom. The number of hydrogen-bond donors (Lipinski definition) is 2. The van der Waals surface area contributed by atoms with Gasteiger partial charge in [-0.05, 0) is 106 Å². The predicted octanol–water partition coefficient (Wildman–Crippen LogP) is 14.7. The summed E-state index contributed by atoms with van der Waals surface area (Å²) in [4.78, 5) is 58.3. The van der Waals surface area contributed by atoms with Gasteiger partial charge < -0.3 is 24.2 Å². The molecule has 3 aromatic heterocycles. The van der Waals surface area contributed by atoms with Gasteiger partial charge in [0.25, 0.3) is 0 Å². The van der Waals surface area contributed by atoms with Crippen LogP contribution in [0.5, 0.6) is 0 Å². The first kappa shape index (κ1) is 52.1. The summed E-state index contributed by atoms with van der Waals surface area (Å²) < 4.78 is 17.0. The van der Waals surface area contributed by atoms with Crippen LogP contribution >= 0.6 is 0 Å². The number of aromatic amines is 2. The number of aryl methyl sites for hydroxylation is 2. The van der Waals surface area contributed by atoms with Crippen molar-refractivity contribution in [3.05, 3.63) is 87.0 Å². The molecule has 10 nitrogen and oxygen atoms in total. The lowest BCUT2D eigenvalue weighted by Gasteiger charge is -2.25. The number of hydrogen-bond acceptors (Lipinski definition) is 8. The summed E-state index contributed by atoms with van der Waals surface area (Å²) in [6.45, 7) is 24.3. The molecular weight excluding hydrogens is 849 g/mol. The van der Waals surface area contributed by atoms with Crippen LogP contribution in [0.1, 0.15) is 218 Å². The number of methoxy groups -OCH3 is 2. The second-order valence-electron chi connectivity index (χ2n) is 20.6. The monoisotopic (exact) mass is 929 g/mol. The van der Waals surface area contributed by atoms with E-state index in [-0.39, 0.29) is 55.4 Å². The van der Waals surface area contributed by atoms with Crippen molar-refractivity contribution in [1.82, 2.24) is 19.9 Å². The largest absolute Gasteiger partial charge is 0.494 e. The van der Waals surface area contributed by atoms with E-state index in [2.05, 4.69) is 84.1 Å². The van der Waals surface area contributed by atoms with E-state index in [1.54, 1.807) is 7.11 Å². The lowest BCUT2D eigenvalue weighted by atomic mass is 9.77. The Hall–Kier alpha value is -5.25. The maximum Gasteiger partial charge on any atom is 0.306 e. The molecule has 5 heterocycles. The van der Waals surface area contributed by atoms with E-state index >= 15 is 0 Å². The topological polar surface area (TPSA) is 136 Å². The van der Waals surface area contributed by atoms with E-state index < -0.39 is 5.92 Å². The number of ether oxygens (including phenoxy) is 3. The SMILES string of the molecule is C=Cc1c(C)c2cc3nc(c4c5[nH]c(cc6nc(cc1[nH]2)C(OC)=C6CC)c(C)c5C(=O)CC4CC(=O)OC)[C@@H](CCCC(=O)OC/C=C(\C)CCC[C@H](C)CCC[C@H](C)CCCC(C)C)C3C. The minimum Gasteiger partial charge on any atom is -0.494 e. The Bertz CT molecular complexity index is 2560. The zero-order valence-corrected chi connectivity index (χ0v) is 43.2. The van der Waals surface area contributed by atoms with Crippen LogP contribution < -0.4 is 0 Å². The number of carbonyl (C=O) groups excluding carboxylic acids is 3. The third-order valence-corrected chi connectivity index (χ3v) is 15.0. The molecule has 3 aliphatic rings. The number of esters is 2. The Balaban J connectivity index is 1.24. The number of rotatable bonds is 23. The van der Waals surface area contributed by atoms with E-state index in [4.69, 9.17) is 24.2 Å². The number of allylic oxidation sites excluding steroid dienone is 2. The van der Waals surface area contributed by atoms with E-state index in [1.165, 1.54) is 57.6 Å². The quantitative estimate of drug-likeness (QED) is 0.0709. The van der Waals surface area contributed by atoms with Gasteiger partial charge in [0.15, 0.2) is 5.78 Å². The lowest BCUT2D eigenvalue weighted by Crippen LogP contribution is -2.20. The molecule has 6 rings (SSSR count). The highest BCUT2D eigenvalue weighted by Gasteiger charge is 2.39. The molecule has 10 heteroatoms. The first-order valence-electron chi connectivity index (χ1n) is 25.7. The first-order valence-corrected chi connectivity index (χ1v) is 25.7. The molecule has 0 amide bonds. The van der Waals surface area contributed by atoms with Crippen molar-refractivity contribution in [1.29, 1.82) is 0 Å². The molecule has 8 bridgehead atoms. The van der Waals surface area contributed by atoms with Crippen LogP contribution in [0, 0.1) is 31.6 Å². The van der Waals surface area contributed by atoms with E-state index in [0.29, 0.717) is 41.8 Å². The number of ketones is 1. The van der Waals surface area contributed by atoms with Gasteiger partial charge in [-0.15, -0.1) is 0 Å². The maximum absolute atomic E-state index is 14.2. The number of H-pyrrole nitrogens is 2. The highest BCUT2D eigenvalue weighted by Crippen LogP contribution is 2.48. The van der Waals surface area contributed by atoms with Crippen molar-refractivity contribution >= 4 is 57.2 Å². The van der Waals surface area contributed by atoms with E-state index in [9.17, 15) is 14.4 Å². The Kier molecular flexibility index (Phi) is 18.3. The standard InChI is InChI=1S/C58H80N4O6/c1-13-42-38(8)45-31-46-39(9)44(25-18-26-52(64)68-28-27-37(7)24-17-23-36(6)22-16-21-35(5)20-15-19-34(3)4)56(61-46)55-41(30-53(65)66-11)29-51(63)54-40(10)47(62-57(54)55)32-49-43(14-2)58(67-12)50(60-49)33-48(42)59-45/h13,27,31-36,39,41,44,59,62H,1,14-26,28-30H2,2-12H3/b37-27+,45-31?,46-31?,47-32?,48-33?,49-32?,50-33?,56-55?/t35-,36-,39?,41?,44+/m1/s1. The summed E-state index contributed by atoms with van der Waals surface area (Å²) >= 11 is 0. The van der Waals surface area contributed by atoms with Gasteiger partial charge in [-0.1, -0.05) is 105 Å². The fourth-order valence-electron chi connectivity index (χ4n) is 10.8. The molecule has 2 N–H and O–H groups in total. The summed E-state index contributed by atoms with van der Waals surface area (Å²) in [5.41, 5.74) is 12.9. The average molecular weight is 929 g/mol. The second kappa shape index (κ2) is 23.9. The average Bonchev–Trinajstić information content (AvgIpc) is 3.99. The molecule has 368 valence electrons.